The predicted molar refractivity (Wildman–Crippen MR) is 59.1 cm³/mol. The van der Waals surface area contributed by atoms with Gasteiger partial charge in [-0.1, -0.05) is 11.6 Å². The van der Waals surface area contributed by atoms with Gasteiger partial charge >= 0.3 is 6.18 Å². The number of nitrogens with zero attached hydrogens (tertiary/aromatic N) is 2. The summed E-state index contributed by atoms with van der Waals surface area (Å²) in [4.78, 5) is 6.27. The van der Waals surface area contributed by atoms with Gasteiger partial charge in [-0.15, -0.1) is 0 Å². The maximum absolute atomic E-state index is 11.9. The van der Waals surface area contributed by atoms with Gasteiger partial charge in [-0.3, -0.25) is 0 Å². The van der Waals surface area contributed by atoms with Crippen LogP contribution in [-0.4, -0.2) is 37.4 Å². The van der Waals surface area contributed by atoms with Crippen LogP contribution in [0, 0.1) is 0 Å². The summed E-state index contributed by atoms with van der Waals surface area (Å²) >= 11 is 5.54. The van der Waals surface area contributed by atoms with Crippen LogP contribution in [0.3, 0.4) is 0 Å². The van der Waals surface area contributed by atoms with Crippen molar-refractivity contribution in [2.24, 2.45) is 0 Å². The van der Waals surface area contributed by atoms with Gasteiger partial charge in [-0.2, -0.15) is 23.1 Å². The van der Waals surface area contributed by atoms with Crippen LogP contribution >= 0.6 is 11.6 Å². The molecule has 0 amide bonds. The molecule has 0 saturated carbocycles. The topological polar surface area (TPSA) is 98.0 Å². The van der Waals surface area contributed by atoms with Crippen LogP contribution in [0.15, 0.2) is 4.90 Å². The standard InChI is InChI=1S/C7H8ClF3N4O2S/c1-18(16,17)3-4(8)14-6(15-5(3)12)13-2-7(9,10)11/h2H2,1H3,(H3,12,13,14,15). The lowest BCUT2D eigenvalue weighted by molar-refractivity contribution is -0.115. The molecule has 0 aliphatic heterocycles. The van der Waals surface area contributed by atoms with Gasteiger partial charge in [0.1, 0.15) is 17.3 Å². The average Bonchev–Trinajstić information content (AvgIpc) is 2.10. The quantitative estimate of drug-likeness (QED) is 0.811. The molecule has 18 heavy (non-hydrogen) atoms. The van der Waals surface area contributed by atoms with Gasteiger partial charge in [0, 0.05) is 6.26 Å². The second-order valence-corrected chi connectivity index (χ2v) is 5.60. The Kier molecular flexibility index (Phi) is 3.91. The molecule has 0 atom stereocenters. The Balaban J connectivity index is 3.08. The first-order chi connectivity index (χ1) is 8.00. The zero-order valence-electron chi connectivity index (χ0n) is 8.92. The molecule has 0 spiro atoms. The molecule has 6 nitrogen and oxygen atoms in total. The third-order valence-electron chi connectivity index (χ3n) is 1.67. The Bertz CT molecular complexity index is 537. The number of anilines is 2. The molecule has 11 heteroatoms. The van der Waals surface area contributed by atoms with Crippen LogP contribution in [-0.2, 0) is 9.84 Å². The SMILES string of the molecule is CS(=O)(=O)c1c(N)nc(NCC(F)(F)F)nc1Cl. The van der Waals surface area contributed by atoms with E-state index in [4.69, 9.17) is 17.3 Å². The van der Waals surface area contributed by atoms with Crippen molar-refractivity contribution in [2.45, 2.75) is 11.1 Å². The minimum absolute atomic E-state index is 0.498. The number of hydrogen-bond donors (Lipinski definition) is 2. The summed E-state index contributed by atoms with van der Waals surface area (Å²) in [6.45, 7) is -1.39. The molecule has 102 valence electrons. The van der Waals surface area contributed by atoms with Crippen molar-refractivity contribution in [2.75, 3.05) is 23.9 Å². The van der Waals surface area contributed by atoms with E-state index in [9.17, 15) is 21.6 Å². The van der Waals surface area contributed by atoms with Gasteiger partial charge in [0.2, 0.25) is 5.95 Å². The molecule has 1 rings (SSSR count). The molecule has 0 aromatic carbocycles. The fraction of sp³-hybridized carbons (Fsp3) is 0.429. The lowest BCUT2D eigenvalue weighted by atomic mass is 10.5. The van der Waals surface area contributed by atoms with E-state index in [0.29, 0.717) is 0 Å². The van der Waals surface area contributed by atoms with Crippen LogP contribution in [0.2, 0.25) is 5.15 Å². The highest BCUT2D eigenvalue weighted by atomic mass is 35.5. The average molecular weight is 305 g/mol. The van der Waals surface area contributed by atoms with Crippen LogP contribution in [0.1, 0.15) is 0 Å². The zero-order chi connectivity index (χ0) is 14.1. The molecule has 0 fully saturated rings. The number of sulfone groups is 1. The number of hydrogen-bond acceptors (Lipinski definition) is 6. The van der Waals surface area contributed by atoms with Gasteiger partial charge in [0.25, 0.3) is 0 Å². The smallest absolute Gasteiger partial charge is 0.382 e. The summed E-state index contributed by atoms with van der Waals surface area (Å²) in [7, 11) is -3.76. The molecular formula is C7H8ClF3N4O2S. The molecule has 3 N–H and O–H groups in total. The highest BCUT2D eigenvalue weighted by Gasteiger charge is 2.28. The maximum atomic E-state index is 11.9. The van der Waals surface area contributed by atoms with Crippen molar-refractivity contribution in [3.05, 3.63) is 5.15 Å². The summed E-state index contributed by atoms with van der Waals surface area (Å²) in [5.74, 6) is -1.01. The number of aromatic nitrogens is 2. The van der Waals surface area contributed by atoms with Crippen molar-refractivity contribution >= 4 is 33.2 Å². The number of nitrogens with two attached hydrogens (primary N) is 1. The summed E-state index contributed by atoms with van der Waals surface area (Å²) < 4.78 is 58.3. The molecule has 1 heterocycles. The van der Waals surface area contributed by atoms with Gasteiger partial charge in [0.15, 0.2) is 15.0 Å². The van der Waals surface area contributed by atoms with Crippen molar-refractivity contribution < 1.29 is 21.6 Å². The Labute approximate surface area is 105 Å². The molecule has 1 aromatic heterocycles. The van der Waals surface area contributed by atoms with E-state index < -0.39 is 44.4 Å². The fourth-order valence-corrected chi connectivity index (χ4v) is 2.42. The third-order valence-corrected chi connectivity index (χ3v) is 3.20. The first kappa shape index (κ1) is 14.8. The Morgan fingerprint density at radius 3 is 2.33 bits per heavy atom. The van der Waals surface area contributed by atoms with Crippen molar-refractivity contribution in [3.8, 4) is 0 Å². The Morgan fingerprint density at radius 2 is 1.94 bits per heavy atom. The molecule has 1 aromatic rings. The van der Waals surface area contributed by atoms with Gasteiger partial charge in [0.05, 0.1) is 0 Å². The normalized spacial score (nSPS) is 12.5. The van der Waals surface area contributed by atoms with Crippen LogP contribution in [0.4, 0.5) is 24.9 Å². The Hall–Kier alpha value is -1.29. The van der Waals surface area contributed by atoms with E-state index in [1.807, 2.05) is 5.32 Å². The van der Waals surface area contributed by atoms with E-state index in [0.717, 1.165) is 6.26 Å². The first-order valence-corrected chi connectivity index (χ1v) is 6.61. The van der Waals surface area contributed by atoms with Crippen LogP contribution < -0.4 is 11.1 Å². The van der Waals surface area contributed by atoms with Gasteiger partial charge in [-0.25, -0.2) is 8.42 Å². The number of nitrogens with one attached hydrogen (secondary N) is 1. The van der Waals surface area contributed by atoms with Crippen molar-refractivity contribution in [1.29, 1.82) is 0 Å². The van der Waals surface area contributed by atoms with Crippen LogP contribution in [0.25, 0.3) is 0 Å². The van der Waals surface area contributed by atoms with E-state index >= 15 is 0 Å². The minimum Gasteiger partial charge on any atom is -0.382 e. The molecule has 0 saturated heterocycles. The molecule has 0 aliphatic rings. The number of nitrogen functional groups attached to an aromatic ring is 1. The molecule has 0 aliphatic carbocycles. The van der Waals surface area contributed by atoms with Crippen LogP contribution in [0.5, 0.6) is 0 Å². The highest BCUT2D eigenvalue weighted by molar-refractivity contribution is 7.91. The second kappa shape index (κ2) is 4.76. The van der Waals surface area contributed by atoms with E-state index in [-0.39, 0.29) is 0 Å². The molecule has 0 bridgehead atoms. The van der Waals surface area contributed by atoms with E-state index in [1.165, 1.54) is 0 Å². The first-order valence-electron chi connectivity index (χ1n) is 4.34. The number of halogens is 4. The van der Waals surface area contributed by atoms with E-state index in [1.54, 1.807) is 0 Å². The summed E-state index contributed by atoms with van der Waals surface area (Å²) in [5.41, 5.74) is 5.31. The highest BCUT2D eigenvalue weighted by Crippen LogP contribution is 2.26. The number of rotatable bonds is 3. The monoisotopic (exact) mass is 304 g/mol. The lowest BCUT2D eigenvalue weighted by Crippen LogP contribution is -2.23. The summed E-state index contributed by atoms with van der Waals surface area (Å²) in [6.07, 6.45) is -3.64. The second-order valence-electron chi connectivity index (χ2n) is 3.29. The van der Waals surface area contributed by atoms with Gasteiger partial charge in [-0.05, 0) is 0 Å². The van der Waals surface area contributed by atoms with Gasteiger partial charge < -0.3 is 11.1 Å². The predicted octanol–water partition coefficient (Wildman–Crippen LogP) is 1.09. The largest absolute Gasteiger partial charge is 0.405 e. The lowest BCUT2D eigenvalue weighted by Gasteiger charge is -2.10. The molecular weight excluding hydrogens is 297 g/mol. The zero-order valence-corrected chi connectivity index (χ0v) is 10.5. The Morgan fingerprint density at radius 1 is 1.39 bits per heavy atom. The maximum Gasteiger partial charge on any atom is 0.405 e. The van der Waals surface area contributed by atoms with E-state index in [2.05, 4.69) is 9.97 Å². The third kappa shape index (κ3) is 3.88. The minimum atomic E-state index is -4.47. The van der Waals surface area contributed by atoms with Crippen molar-refractivity contribution in [3.63, 3.8) is 0 Å². The summed E-state index contributed by atoms with van der Waals surface area (Å²) in [5, 5.41) is 1.31. The number of alkyl halides is 3. The van der Waals surface area contributed by atoms with Crippen molar-refractivity contribution in [1.82, 2.24) is 9.97 Å². The molecule has 0 radical (unpaired) electrons. The fourth-order valence-electron chi connectivity index (χ4n) is 1.04. The summed E-state index contributed by atoms with van der Waals surface area (Å²) in [6, 6.07) is 0. The molecule has 0 unspecified atom stereocenters.